The molecule has 1 aromatic rings. The van der Waals surface area contributed by atoms with Crippen LogP contribution in [0.5, 0.6) is 5.75 Å². The van der Waals surface area contributed by atoms with Gasteiger partial charge in [0, 0.05) is 25.2 Å². The summed E-state index contributed by atoms with van der Waals surface area (Å²) in [6.07, 6.45) is 3.77. The van der Waals surface area contributed by atoms with Gasteiger partial charge in [-0.25, -0.2) is 4.39 Å². The number of halogens is 1. The Kier molecular flexibility index (Phi) is 4.42. The molecule has 1 aliphatic carbocycles. The van der Waals surface area contributed by atoms with Crippen LogP contribution in [0.2, 0.25) is 0 Å². The first-order chi connectivity index (χ1) is 10.2. The SMILES string of the molecule is COc1ccc(C(CN)N2CCOC3CCCC32)cc1F. The zero-order valence-electron chi connectivity index (χ0n) is 12.4. The van der Waals surface area contributed by atoms with Crippen LogP contribution >= 0.6 is 0 Å². The maximum Gasteiger partial charge on any atom is 0.165 e. The smallest absolute Gasteiger partial charge is 0.165 e. The number of hydrogen-bond acceptors (Lipinski definition) is 4. The van der Waals surface area contributed by atoms with Crippen molar-refractivity contribution in [3.8, 4) is 5.75 Å². The molecule has 0 amide bonds. The number of rotatable bonds is 4. The third kappa shape index (κ3) is 2.78. The molecule has 1 heterocycles. The van der Waals surface area contributed by atoms with Crippen molar-refractivity contribution in [3.05, 3.63) is 29.6 Å². The first kappa shape index (κ1) is 14.8. The molecule has 2 fully saturated rings. The van der Waals surface area contributed by atoms with E-state index in [-0.39, 0.29) is 17.6 Å². The lowest BCUT2D eigenvalue weighted by Gasteiger charge is -2.42. The fraction of sp³-hybridized carbons (Fsp3) is 0.625. The van der Waals surface area contributed by atoms with Gasteiger partial charge >= 0.3 is 0 Å². The van der Waals surface area contributed by atoms with Gasteiger partial charge in [-0.05, 0) is 37.0 Å². The number of morpholine rings is 1. The summed E-state index contributed by atoms with van der Waals surface area (Å²) in [5, 5.41) is 0. The van der Waals surface area contributed by atoms with Crippen LogP contribution < -0.4 is 10.5 Å². The Labute approximate surface area is 125 Å². The van der Waals surface area contributed by atoms with Crippen LogP contribution in [0.4, 0.5) is 4.39 Å². The minimum Gasteiger partial charge on any atom is -0.494 e. The summed E-state index contributed by atoms with van der Waals surface area (Å²) in [7, 11) is 1.48. The van der Waals surface area contributed by atoms with E-state index in [1.54, 1.807) is 12.1 Å². The average Bonchev–Trinajstić information content (AvgIpc) is 2.97. The molecular formula is C16H23FN2O2. The summed E-state index contributed by atoms with van der Waals surface area (Å²) in [4.78, 5) is 2.41. The lowest BCUT2D eigenvalue weighted by molar-refractivity contribution is -0.0711. The summed E-state index contributed by atoms with van der Waals surface area (Å²) in [6.45, 7) is 2.07. The molecule has 0 bridgehead atoms. The van der Waals surface area contributed by atoms with Crippen molar-refractivity contribution in [1.29, 1.82) is 0 Å². The highest BCUT2D eigenvalue weighted by molar-refractivity contribution is 5.31. The van der Waals surface area contributed by atoms with Crippen LogP contribution in [-0.4, -0.2) is 43.9 Å². The van der Waals surface area contributed by atoms with Crippen LogP contribution in [0.15, 0.2) is 18.2 Å². The van der Waals surface area contributed by atoms with Gasteiger partial charge in [0.25, 0.3) is 0 Å². The highest BCUT2D eigenvalue weighted by Gasteiger charge is 2.39. The Balaban J connectivity index is 1.85. The zero-order chi connectivity index (χ0) is 14.8. The topological polar surface area (TPSA) is 47.7 Å². The number of nitrogens with zero attached hydrogens (tertiary/aromatic N) is 1. The Morgan fingerprint density at radius 3 is 3.05 bits per heavy atom. The Morgan fingerprint density at radius 1 is 1.48 bits per heavy atom. The second kappa shape index (κ2) is 6.30. The molecule has 116 valence electrons. The van der Waals surface area contributed by atoms with E-state index in [4.69, 9.17) is 15.2 Å². The standard InChI is InChI=1S/C16H23FN2O2/c1-20-15-6-5-11(9-12(15)17)14(10-18)19-7-8-21-16-4-2-3-13(16)19/h5-6,9,13-14,16H,2-4,7-8,10,18H2,1H3. The summed E-state index contributed by atoms with van der Waals surface area (Å²) in [5.41, 5.74) is 6.92. The molecule has 21 heavy (non-hydrogen) atoms. The average molecular weight is 294 g/mol. The first-order valence-electron chi connectivity index (χ1n) is 7.65. The van der Waals surface area contributed by atoms with E-state index in [2.05, 4.69) is 4.90 Å². The molecule has 0 spiro atoms. The minimum atomic E-state index is -0.329. The van der Waals surface area contributed by atoms with E-state index in [9.17, 15) is 4.39 Å². The van der Waals surface area contributed by atoms with Gasteiger partial charge in [0.05, 0.1) is 19.8 Å². The lowest BCUT2D eigenvalue weighted by atomic mass is 10.0. The molecule has 1 aliphatic heterocycles. The number of ether oxygens (including phenoxy) is 2. The maximum absolute atomic E-state index is 14.0. The minimum absolute atomic E-state index is 0.0416. The highest BCUT2D eigenvalue weighted by Crippen LogP contribution is 2.35. The summed E-state index contributed by atoms with van der Waals surface area (Å²) < 4.78 is 24.8. The predicted octanol–water partition coefficient (Wildman–Crippen LogP) is 2.09. The fourth-order valence-electron chi connectivity index (χ4n) is 3.70. The van der Waals surface area contributed by atoms with Crippen molar-refractivity contribution in [1.82, 2.24) is 4.90 Å². The summed E-state index contributed by atoms with van der Waals surface area (Å²) in [6, 6.07) is 5.60. The molecule has 0 aromatic heterocycles. The van der Waals surface area contributed by atoms with Gasteiger partial charge in [0.1, 0.15) is 0 Å². The molecule has 0 radical (unpaired) electrons. The van der Waals surface area contributed by atoms with E-state index >= 15 is 0 Å². The van der Waals surface area contributed by atoms with E-state index in [0.29, 0.717) is 18.7 Å². The predicted molar refractivity (Wildman–Crippen MR) is 78.8 cm³/mol. The van der Waals surface area contributed by atoms with Crippen molar-refractivity contribution < 1.29 is 13.9 Å². The van der Waals surface area contributed by atoms with E-state index < -0.39 is 0 Å². The number of benzene rings is 1. The molecule has 2 N–H and O–H groups in total. The first-order valence-corrected chi connectivity index (χ1v) is 7.65. The molecule has 1 aromatic carbocycles. The van der Waals surface area contributed by atoms with Crippen molar-refractivity contribution in [2.45, 2.75) is 37.5 Å². The van der Waals surface area contributed by atoms with E-state index in [0.717, 1.165) is 31.6 Å². The molecule has 1 saturated heterocycles. The van der Waals surface area contributed by atoms with Crippen LogP contribution in [0.25, 0.3) is 0 Å². The van der Waals surface area contributed by atoms with Crippen LogP contribution in [0.3, 0.4) is 0 Å². The Morgan fingerprint density at radius 2 is 2.33 bits per heavy atom. The van der Waals surface area contributed by atoms with Crippen molar-refractivity contribution in [3.63, 3.8) is 0 Å². The van der Waals surface area contributed by atoms with Crippen LogP contribution in [0.1, 0.15) is 30.9 Å². The molecular weight excluding hydrogens is 271 g/mol. The third-order valence-electron chi connectivity index (χ3n) is 4.71. The summed E-state index contributed by atoms with van der Waals surface area (Å²) in [5.74, 6) is -0.0556. The molecule has 3 rings (SSSR count). The van der Waals surface area contributed by atoms with Crippen molar-refractivity contribution in [2.24, 2.45) is 5.73 Å². The van der Waals surface area contributed by atoms with Crippen LogP contribution in [-0.2, 0) is 4.74 Å². The summed E-state index contributed by atoms with van der Waals surface area (Å²) >= 11 is 0. The lowest BCUT2D eigenvalue weighted by Crippen LogP contribution is -2.51. The Bertz CT molecular complexity index is 497. The molecule has 3 unspecified atom stereocenters. The number of hydrogen-bond donors (Lipinski definition) is 1. The Hall–Kier alpha value is -1.17. The van der Waals surface area contributed by atoms with Gasteiger partial charge in [-0.15, -0.1) is 0 Å². The number of methoxy groups -OCH3 is 1. The molecule has 4 nitrogen and oxygen atoms in total. The molecule has 5 heteroatoms. The molecule has 2 aliphatic rings. The van der Waals surface area contributed by atoms with Gasteiger partial charge in [-0.2, -0.15) is 0 Å². The molecule has 1 saturated carbocycles. The normalized spacial score (nSPS) is 27.4. The van der Waals surface area contributed by atoms with E-state index in [1.807, 2.05) is 6.07 Å². The maximum atomic E-state index is 14.0. The van der Waals surface area contributed by atoms with Crippen molar-refractivity contribution >= 4 is 0 Å². The fourth-order valence-corrected chi connectivity index (χ4v) is 3.70. The second-order valence-electron chi connectivity index (χ2n) is 5.79. The number of fused-ring (bicyclic) bond motifs is 1. The highest BCUT2D eigenvalue weighted by atomic mass is 19.1. The van der Waals surface area contributed by atoms with Gasteiger partial charge in [0.2, 0.25) is 0 Å². The van der Waals surface area contributed by atoms with Gasteiger partial charge in [0.15, 0.2) is 11.6 Å². The van der Waals surface area contributed by atoms with Crippen LogP contribution in [0, 0.1) is 5.82 Å². The number of nitrogens with two attached hydrogens (primary N) is 1. The largest absolute Gasteiger partial charge is 0.494 e. The monoisotopic (exact) mass is 294 g/mol. The van der Waals surface area contributed by atoms with Gasteiger partial charge in [-0.1, -0.05) is 6.07 Å². The third-order valence-corrected chi connectivity index (χ3v) is 4.71. The molecule has 3 atom stereocenters. The second-order valence-corrected chi connectivity index (χ2v) is 5.79. The van der Waals surface area contributed by atoms with Gasteiger partial charge < -0.3 is 15.2 Å². The van der Waals surface area contributed by atoms with E-state index in [1.165, 1.54) is 13.5 Å². The zero-order valence-corrected chi connectivity index (χ0v) is 12.4. The van der Waals surface area contributed by atoms with Gasteiger partial charge in [-0.3, -0.25) is 4.90 Å². The van der Waals surface area contributed by atoms with Crippen molar-refractivity contribution in [2.75, 3.05) is 26.8 Å². The quantitative estimate of drug-likeness (QED) is 0.923.